The number of carbonyl (C=O) groups is 1. The van der Waals surface area contributed by atoms with Gasteiger partial charge in [-0.1, -0.05) is 6.07 Å². The number of hydrogen-bond acceptors (Lipinski definition) is 4. The summed E-state index contributed by atoms with van der Waals surface area (Å²) in [4.78, 5) is 19.5. The van der Waals surface area contributed by atoms with Crippen LogP contribution in [-0.2, 0) is 11.3 Å². The first-order chi connectivity index (χ1) is 9.95. The van der Waals surface area contributed by atoms with Crippen molar-refractivity contribution < 1.29 is 9.90 Å². The minimum Gasteiger partial charge on any atom is -0.480 e. The van der Waals surface area contributed by atoms with E-state index in [2.05, 4.69) is 4.98 Å². The second kappa shape index (κ2) is 6.69. The SMILES string of the molecule is Cc1cccn2cc(CN(CCN(C)C)CC(=O)O)nc12. The van der Waals surface area contributed by atoms with E-state index in [9.17, 15) is 4.79 Å². The maximum absolute atomic E-state index is 11.0. The topological polar surface area (TPSA) is 61.1 Å². The average molecular weight is 290 g/mol. The highest BCUT2D eigenvalue weighted by molar-refractivity contribution is 5.69. The second-order valence-corrected chi connectivity index (χ2v) is 5.56. The van der Waals surface area contributed by atoms with Crippen LogP contribution in [0.15, 0.2) is 24.5 Å². The lowest BCUT2D eigenvalue weighted by molar-refractivity contribution is -0.138. The quantitative estimate of drug-likeness (QED) is 0.827. The largest absolute Gasteiger partial charge is 0.480 e. The van der Waals surface area contributed by atoms with E-state index < -0.39 is 5.97 Å². The number of imidazole rings is 1. The standard InChI is InChI=1S/C15H22N4O2/c1-12-5-4-6-19-10-13(16-15(12)19)9-18(11-14(20)21)8-7-17(2)3/h4-6,10H,7-9,11H2,1-3H3,(H,20,21). The van der Waals surface area contributed by atoms with E-state index >= 15 is 0 Å². The predicted octanol–water partition coefficient (Wildman–Crippen LogP) is 1.09. The lowest BCUT2D eigenvalue weighted by atomic mass is 10.3. The first kappa shape index (κ1) is 15.5. The van der Waals surface area contributed by atoms with Gasteiger partial charge in [-0.3, -0.25) is 9.69 Å². The molecule has 0 saturated heterocycles. The Kier molecular flexibility index (Phi) is 4.93. The lowest BCUT2D eigenvalue weighted by Crippen LogP contribution is -2.35. The molecular weight excluding hydrogens is 268 g/mol. The lowest BCUT2D eigenvalue weighted by Gasteiger charge is -2.21. The summed E-state index contributed by atoms with van der Waals surface area (Å²) in [5.74, 6) is -0.811. The molecular formula is C15H22N4O2. The summed E-state index contributed by atoms with van der Waals surface area (Å²) in [7, 11) is 3.96. The first-order valence-corrected chi connectivity index (χ1v) is 6.98. The number of aryl methyl sites for hydroxylation is 1. The van der Waals surface area contributed by atoms with Crippen molar-refractivity contribution in [1.82, 2.24) is 19.2 Å². The van der Waals surface area contributed by atoms with Crippen LogP contribution < -0.4 is 0 Å². The Morgan fingerprint density at radius 3 is 2.76 bits per heavy atom. The van der Waals surface area contributed by atoms with Crippen LogP contribution in [0.1, 0.15) is 11.3 Å². The van der Waals surface area contributed by atoms with E-state index in [1.54, 1.807) is 0 Å². The van der Waals surface area contributed by atoms with Gasteiger partial charge in [-0.2, -0.15) is 0 Å². The fourth-order valence-corrected chi connectivity index (χ4v) is 2.26. The Bertz CT molecular complexity index is 621. The van der Waals surface area contributed by atoms with Crippen LogP contribution in [0, 0.1) is 6.92 Å². The third-order valence-corrected chi connectivity index (χ3v) is 3.34. The fraction of sp³-hybridized carbons (Fsp3) is 0.467. The monoisotopic (exact) mass is 290 g/mol. The second-order valence-electron chi connectivity index (χ2n) is 5.56. The first-order valence-electron chi connectivity index (χ1n) is 6.98. The van der Waals surface area contributed by atoms with Gasteiger partial charge in [0.05, 0.1) is 12.2 Å². The molecule has 0 spiro atoms. The predicted molar refractivity (Wildman–Crippen MR) is 81.4 cm³/mol. The number of aromatic nitrogens is 2. The Morgan fingerprint density at radius 1 is 1.38 bits per heavy atom. The molecule has 0 bridgehead atoms. The molecule has 0 amide bonds. The smallest absolute Gasteiger partial charge is 0.317 e. The van der Waals surface area contributed by atoms with E-state index in [4.69, 9.17) is 5.11 Å². The third-order valence-electron chi connectivity index (χ3n) is 3.34. The molecule has 0 aliphatic rings. The summed E-state index contributed by atoms with van der Waals surface area (Å²) >= 11 is 0. The van der Waals surface area contributed by atoms with Crippen LogP contribution in [0.5, 0.6) is 0 Å². The van der Waals surface area contributed by atoms with Crippen molar-refractivity contribution in [2.75, 3.05) is 33.7 Å². The maximum Gasteiger partial charge on any atom is 0.317 e. The molecule has 0 saturated carbocycles. The molecule has 2 aromatic rings. The Labute approximate surface area is 124 Å². The number of pyridine rings is 1. The van der Waals surface area contributed by atoms with Gasteiger partial charge in [-0.25, -0.2) is 4.98 Å². The van der Waals surface area contributed by atoms with Crippen molar-refractivity contribution in [1.29, 1.82) is 0 Å². The van der Waals surface area contributed by atoms with E-state index in [0.717, 1.165) is 23.4 Å². The molecule has 0 atom stereocenters. The number of carboxylic acids is 1. The van der Waals surface area contributed by atoms with Gasteiger partial charge in [0.1, 0.15) is 5.65 Å². The van der Waals surface area contributed by atoms with Gasteiger partial charge in [0.25, 0.3) is 0 Å². The maximum atomic E-state index is 11.0. The van der Waals surface area contributed by atoms with E-state index in [1.165, 1.54) is 0 Å². The molecule has 21 heavy (non-hydrogen) atoms. The number of nitrogens with zero attached hydrogens (tertiary/aromatic N) is 4. The van der Waals surface area contributed by atoms with Crippen molar-refractivity contribution in [3.8, 4) is 0 Å². The molecule has 1 N–H and O–H groups in total. The van der Waals surface area contributed by atoms with Gasteiger partial charge in [-0.15, -0.1) is 0 Å². The molecule has 2 aromatic heterocycles. The zero-order valence-corrected chi connectivity index (χ0v) is 12.8. The summed E-state index contributed by atoms with van der Waals surface area (Å²) in [5.41, 5.74) is 2.93. The van der Waals surface area contributed by atoms with Crippen LogP contribution >= 0.6 is 0 Å². The van der Waals surface area contributed by atoms with Gasteiger partial charge in [-0.05, 0) is 32.6 Å². The van der Waals surface area contributed by atoms with E-state index in [1.807, 2.05) is 59.7 Å². The average Bonchev–Trinajstić information content (AvgIpc) is 2.79. The molecule has 6 nitrogen and oxygen atoms in total. The van der Waals surface area contributed by atoms with Gasteiger partial charge >= 0.3 is 5.97 Å². The number of carboxylic acid groups (broad SMARTS) is 1. The molecule has 0 aliphatic carbocycles. The van der Waals surface area contributed by atoms with Gasteiger partial charge in [0.15, 0.2) is 0 Å². The highest BCUT2D eigenvalue weighted by Gasteiger charge is 2.13. The Hall–Kier alpha value is -1.92. The minimum absolute atomic E-state index is 0.0285. The highest BCUT2D eigenvalue weighted by Crippen LogP contribution is 2.11. The number of hydrogen-bond donors (Lipinski definition) is 1. The number of rotatable bonds is 7. The molecule has 0 fully saturated rings. The van der Waals surface area contributed by atoms with Crippen molar-refractivity contribution in [3.05, 3.63) is 35.8 Å². The van der Waals surface area contributed by atoms with E-state index in [0.29, 0.717) is 13.1 Å². The Balaban J connectivity index is 2.13. The van der Waals surface area contributed by atoms with Crippen molar-refractivity contribution in [2.24, 2.45) is 0 Å². The summed E-state index contributed by atoms with van der Waals surface area (Å²) < 4.78 is 1.98. The van der Waals surface area contributed by atoms with Crippen molar-refractivity contribution in [2.45, 2.75) is 13.5 Å². The van der Waals surface area contributed by atoms with Gasteiger partial charge < -0.3 is 14.4 Å². The highest BCUT2D eigenvalue weighted by atomic mass is 16.4. The summed E-state index contributed by atoms with van der Waals surface area (Å²) in [6.07, 6.45) is 3.92. The molecule has 0 aromatic carbocycles. The van der Waals surface area contributed by atoms with Crippen LogP contribution in [0.2, 0.25) is 0 Å². The Morgan fingerprint density at radius 2 is 2.14 bits per heavy atom. The molecule has 2 heterocycles. The van der Waals surface area contributed by atoms with Crippen molar-refractivity contribution in [3.63, 3.8) is 0 Å². The van der Waals surface area contributed by atoms with Crippen molar-refractivity contribution >= 4 is 11.6 Å². The summed E-state index contributed by atoms with van der Waals surface area (Å²) in [5, 5.41) is 9.03. The molecule has 6 heteroatoms. The van der Waals surface area contributed by atoms with Crippen LogP contribution in [0.25, 0.3) is 5.65 Å². The molecule has 2 rings (SSSR count). The van der Waals surface area contributed by atoms with Crippen LogP contribution in [0.3, 0.4) is 0 Å². The van der Waals surface area contributed by atoms with Gasteiger partial charge in [0, 0.05) is 32.0 Å². The number of likely N-dealkylation sites (N-methyl/N-ethyl adjacent to an activating group) is 1. The van der Waals surface area contributed by atoms with Crippen LogP contribution in [0.4, 0.5) is 0 Å². The normalized spacial score (nSPS) is 11.7. The van der Waals surface area contributed by atoms with Crippen LogP contribution in [-0.4, -0.2) is 64.0 Å². The zero-order valence-electron chi connectivity index (χ0n) is 12.8. The fourth-order valence-electron chi connectivity index (χ4n) is 2.26. The molecule has 0 radical (unpaired) electrons. The number of aliphatic carboxylic acids is 1. The van der Waals surface area contributed by atoms with E-state index in [-0.39, 0.29) is 6.54 Å². The zero-order chi connectivity index (χ0) is 15.4. The summed E-state index contributed by atoms with van der Waals surface area (Å²) in [6.45, 7) is 4.11. The molecule has 0 aliphatic heterocycles. The minimum atomic E-state index is -0.811. The molecule has 114 valence electrons. The molecule has 0 unspecified atom stereocenters. The summed E-state index contributed by atoms with van der Waals surface area (Å²) in [6, 6.07) is 4.00. The number of fused-ring (bicyclic) bond motifs is 1. The van der Waals surface area contributed by atoms with Gasteiger partial charge in [0.2, 0.25) is 0 Å². The third kappa shape index (κ3) is 4.27.